The van der Waals surface area contributed by atoms with Crippen molar-refractivity contribution in [1.29, 1.82) is 0 Å². The van der Waals surface area contributed by atoms with Gasteiger partial charge in [-0.15, -0.1) is 0 Å². The number of ether oxygens (including phenoxy) is 1. The number of nitrogen functional groups attached to an aromatic ring is 1. The summed E-state index contributed by atoms with van der Waals surface area (Å²) in [6.45, 7) is 0. The Morgan fingerprint density at radius 3 is 2.55 bits per heavy atom. The van der Waals surface area contributed by atoms with Crippen molar-refractivity contribution in [3.63, 3.8) is 0 Å². The van der Waals surface area contributed by atoms with Crippen molar-refractivity contribution in [2.75, 3.05) is 18.2 Å². The Bertz CT molecular complexity index is 656. The Hall–Kier alpha value is -2.89. The quantitative estimate of drug-likeness (QED) is 0.505. The van der Waals surface area contributed by atoms with Gasteiger partial charge in [-0.3, -0.25) is 4.79 Å². The number of nitrogens with one attached hydrogen (secondary N) is 1. The van der Waals surface area contributed by atoms with E-state index in [1.165, 1.54) is 25.3 Å². The zero-order chi connectivity index (χ0) is 14.7. The molecule has 0 aliphatic carbocycles. The van der Waals surface area contributed by atoms with Crippen molar-refractivity contribution >= 4 is 17.3 Å². The number of methoxy groups -OCH3 is 1. The van der Waals surface area contributed by atoms with Gasteiger partial charge in [0.25, 0.3) is 5.91 Å². The Morgan fingerprint density at radius 2 is 1.90 bits per heavy atom. The SMILES string of the molecule is COc1ccc(N)c(NC(=O)c2ccc(O)c(O)c2)c1. The fourth-order valence-electron chi connectivity index (χ4n) is 1.63. The van der Waals surface area contributed by atoms with Crippen LogP contribution in [0.3, 0.4) is 0 Å². The molecular formula is C14H14N2O4. The van der Waals surface area contributed by atoms with E-state index in [4.69, 9.17) is 10.5 Å². The molecule has 6 nitrogen and oxygen atoms in total. The number of carbonyl (C=O) groups excluding carboxylic acids is 1. The molecule has 0 aromatic heterocycles. The largest absolute Gasteiger partial charge is 0.504 e. The summed E-state index contributed by atoms with van der Waals surface area (Å²) in [5.74, 6) is -0.554. The topological polar surface area (TPSA) is 105 Å². The maximum absolute atomic E-state index is 12.0. The first-order valence-corrected chi connectivity index (χ1v) is 5.78. The average molecular weight is 274 g/mol. The van der Waals surface area contributed by atoms with E-state index < -0.39 is 5.91 Å². The molecule has 0 atom stereocenters. The molecule has 2 aromatic rings. The molecule has 0 aliphatic rings. The van der Waals surface area contributed by atoms with E-state index >= 15 is 0 Å². The van der Waals surface area contributed by atoms with E-state index in [9.17, 15) is 15.0 Å². The molecule has 2 aromatic carbocycles. The van der Waals surface area contributed by atoms with Gasteiger partial charge in [-0.05, 0) is 30.3 Å². The average Bonchev–Trinajstić information content (AvgIpc) is 2.44. The normalized spacial score (nSPS) is 10.1. The van der Waals surface area contributed by atoms with Crippen LogP contribution in [0.2, 0.25) is 0 Å². The lowest BCUT2D eigenvalue weighted by Crippen LogP contribution is -2.13. The number of rotatable bonds is 3. The van der Waals surface area contributed by atoms with Crippen LogP contribution in [0, 0.1) is 0 Å². The zero-order valence-corrected chi connectivity index (χ0v) is 10.8. The number of benzene rings is 2. The van der Waals surface area contributed by atoms with E-state index in [0.717, 1.165) is 0 Å². The van der Waals surface area contributed by atoms with Crippen molar-refractivity contribution in [2.24, 2.45) is 0 Å². The van der Waals surface area contributed by atoms with Gasteiger partial charge in [-0.2, -0.15) is 0 Å². The molecule has 2 rings (SSSR count). The molecule has 104 valence electrons. The van der Waals surface area contributed by atoms with Crippen molar-refractivity contribution in [3.05, 3.63) is 42.0 Å². The van der Waals surface area contributed by atoms with Crippen molar-refractivity contribution < 1.29 is 19.7 Å². The highest BCUT2D eigenvalue weighted by atomic mass is 16.5. The predicted molar refractivity (Wildman–Crippen MR) is 75.1 cm³/mol. The molecule has 0 radical (unpaired) electrons. The minimum Gasteiger partial charge on any atom is -0.504 e. The molecule has 0 aliphatic heterocycles. The number of aromatic hydroxyl groups is 2. The summed E-state index contributed by atoms with van der Waals surface area (Å²) < 4.78 is 5.05. The van der Waals surface area contributed by atoms with E-state index in [2.05, 4.69) is 5.32 Å². The standard InChI is InChI=1S/C14H14N2O4/c1-20-9-3-4-10(15)11(7-9)16-14(19)8-2-5-12(17)13(18)6-8/h2-7,17-18H,15H2,1H3,(H,16,19). The lowest BCUT2D eigenvalue weighted by atomic mass is 10.1. The number of anilines is 2. The van der Waals surface area contributed by atoms with Crippen LogP contribution in [0.4, 0.5) is 11.4 Å². The fourth-order valence-corrected chi connectivity index (χ4v) is 1.63. The molecule has 6 heteroatoms. The Labute approximate surface area is 115 Å². The van der Waals surface area contributed by atoms with E-state index in [1.54, 1.807) is 18.2 Å². The van der Waals surface area contributed by atoms with Crippen LogP contribution in [0.5, 0.6) is 17.2 Å². The highest BCUT2D eigenvalue weighted by Gasteiger charge is 2.11. The summed E-state index contributed by atoms with van der Waals surface area (Å²) in [6.07, 6.45) is 0. The highest BCUT2D eigenvalue weighted by molar-refractivity contribution is 6.06. The molecule has 0 fully saturated rings. The molecule has 0 spiro atoms. The second-order valence-corrected chi connectivity index (χ2v) is 4.11. The highest BCUT2D eigenvalue weighted by Crippen LogP contribution is 2.27. The van der Waals surface area contributed by atoms with E-state index in [1.807, 2.05) is 0 Å². The maximum Gasteiger partial charge on any atom is 0.255 e. The molecule has 0 saturated heterocycles. The van der Waals surface area contributed by atoms with Gasteiger partial charge in [0.1, 0.15) is 5.75 Å². The molecular weight excluding hydrogens is 260 g/mol. The third-order valence-corrected chi connectivity index (χ3v) is 2.75. The monoisotopic (exact) mass is 274 g/mol. The summed E-state index contributed by atoms with van der Waals surface area (Å²) in [5.41, 5.74) is 6.76. The van der Waals surface area contributed by atoms with Gasteiger partial charge in [0, 0.05) is 11.6 Å². The summed E-state index contributed by atoms with van der Waals surface area (Å²) in [4.78, 5) is 12.0. The summed E-state index contributed by atoms with van der Waals surface area (Å²) in [7, 11) is 1.51. The number of carbonyl (C=O) groups is 1. The van der Waals surface area contributed by atoms with Crippen LogP contribution in [0.25, 0.3) is 0 Å². The van der Waals surface area contributed by atoms with Crippen LogP contribution >= 0.6 is 0 Å². The third kappa shape index (κ3) is 2.74. The first-order valence-electron chi connectivity index (χ1n) is 5.78. The van der Waals surface area contributed by atoms with Gasteiger partial charge in [0.15, 0.2) is 11.5 Å². The summed E-state index contributed by atoms with van der Waals surface area (Å²) in [6, 6.07) is 8.68. The summed E-state index contributed by atoms with van der Waals surface area (Å²) in [5, 5.41) is 21.2. The first kappa shape index (κ1) is 13.5. The van der Waals surface area contributed by atoms with Crippen LogP contribution < -0.4 is 15.8 Å². The minimum absolute atomic E-state index is 0.197. The van der Waals surface area contributed by atoms with Gasteiger partial charge >= 0.3 is 0 Å². The fraction of sp³-hybridized carbons (Fsp3) is 0.0714. The van der Waals surface area contributed by atoms with Crippen LogP contribution in [0.1, 0.15) is 10.4 Å². The molecule has 20 heavy (non-hydrogen) atoms. The van der Waals surface area contributed by atoms with Gasteiger partial charge in [0.05, 0.1) is 18.5 Å². The van der Waals surface area contributed by atoms with Crippen molar-refractivity contribution in [2.45, 2.75) is 0 Å². The van der Waals surface area contributed by atoms with Crippen LogP contribution in [0.15, 0.2) is 36.4 Å². The van der Waals surface area contributed by atoms with Gasteiger partial charge in [-0.25, -0.2) is 0 Å². The predicted octanol–water partition coefficient (Wildman–Crippen LogP) is 1.94. The van der Waals surface area contributed by atoms with Gasteiger partial charge < -0.3 is 26.0 Å². The molecule has 0 heterocycles. The first-order chi connectivity index (χ1) is 9.51. The van der Waals surface area contributed by atoms with Crippen molar-refractivity contribution in [3.8, 4) is 17.2 Å². The number of phenolic OH excluding ortho intramolecular Hbond substituents is 2. The van der Waals surface area contributed by atoms with Crippen LogP contribution in [-0.2, 0) is 0 Å². The molecule has 5 N–H and O–H groups in total. The number of hydrogen-bond donors (Lipinski definition) is 4. The Balaban J connectivity index is 2.25. The number of hydrogen-bond acceptors (Lipinski definition) is 5. The Kier molecular flexibility index (Phi) is 3.65. The maximum atomic E-state index is 12.0. The van der Waals surface area contributed by atoms with E-state index in [0.29, 0.717) is 17.1 Å². The lowest BCUT2D eigenvalue weighted by molar-refractivity contribution is 0.102. The molecule has 0 unspecified atom stereocenters. The molecule has 0 bridgehead atoms. The van der Waals surface area contributed by atoms with E-state index in [-0.39, 0.29) is 17.1 Å². The second kappa shape index (κ2) is 5.40. The zero-order valence-electron chi connectivity index (χ0n) is 10.8. The van der Waals surface area contributed by atoms with Crippen molar-refractivity contribution in [1.82, 2.24) is 0 Å². The molecule has 0 saturated carbocycles. The number of nitrogens with two attached hydrogens (primary N) is 1. The second-order valence-electron chi connectivity index (χ2n) is 4.11. The Morgan fingerprint density at radius 1 is 1.15 bits per heavy atom. The number of phenols is 2. The van der Waals surface area contributed by atoms with Crippen LogP contribution in [-0.4, -0.2) is 23.2 Å². The minimum atomic E-state index is -0.458. The van der Waals surface area contributed by atoms with Gasteiger partial charge in [-0.1, -0.05) is 0 Å². The smallest absolute Gasteiger partial charge is 0.255 e. The number of amides is 1. The lowest BCUT2D eigenvalue weighted by Gasteiger charge is -2.10. The molecule has 1 amide bonds. The third-order valence-electron chi connectivity index (χ3n) is 2.75. The van der Waals surface area contributed by atoms with Gasteiger partial charge in [0.2, 0.25) is 0 Å². The summed E-state index contributed by atoms with van der Waals surface area (Å²) >= 11 is 0.